The second-order valence-corrected chi connectivity index (χ2v) is 4.52. The first-order valence-electron chi connectivity index (χ1n) is 5.59. The molecule has 0 spiro atoms. The predicted octanol–water partition coefficient (Wildman–Crippen LogP) is 1.80. The van der Waals surface area contributed by atoms with Crippen LogP contribution in [0.3, 0.4) is 0 Å². The molecule has 0 radical (unpaired) electrons. The zero-order valence-electron chi connectivity index (χ0n) is 9.38. The van der Waals surface area contributed by atoms with Gasteiger partial charge < -0.3 is 10.2 Å². The van der Waals surface area contributed by atoms with Crippen LogP contribution in [0.25, 0.3) is 0 Å². The first-order chi connectivity index (χ1) is 8.16. The van der Waals surface area contributed by atoms with E-state index in [0.717, 1.165) is 13.0 Å². The molecule has 1 aromatic carbocycles. The van der Waals surface area contributed by atoms with Gasteiger partial charge in [0.15, 0.2) is 0 Å². The van der Waals surface area contributed by atoms with Gasteiger partial charge in [-0.1, -0.05) is 11.6 Å². The van der Waals surface area contributed by atoms with Crippen LogP contribution < -0.4 is 5.32 Å². The minimum absolute atomic E-state index is 0.00174. The Bertz CT molecular complexity index is 425. The standard InChI is InChI=1S/C12H14ClFN2O/c13-10-2-3-11(14)9(6-10)8-16-5-1-4-15-7-12(16)17/h2-3,6,15H,1,4-5,7-8H2. The summed E-state index contributed by atoms with van der Waals surface area (Å²) < 4.78 is 13.5. The molecule has 1 saturated heterocycles. The van der Waals surface area contributed by atoms with Gasteiger partial charge in [0.2, 0.25) is 5.91 Å². The minimum Gasteiger partial charge on any atom is -0.337 e. The Labute approximate surface area is 105 Å². The van der Waals surface area contributed by atoms with Gasteiger partial charge in [0.25, 0.3) is 0 Å². The number of halogens is 2. The van der Waals surface area contributed by atoms with E-state index in [4.69, 9.17) is 11.6 Å². The Morgan fingerprint density at radius 3 is 3.12 bits per heavy atom. The summed E-state index contributed by atoms with van der Waals surface area (Å²) >= 11 is 5.82. The molecule has 1 fully saturated rings. The fourth-order valence-electron chi connectivity index (χ4n) is 1.86. The minimum atomic E-state index is -0.320. The highest BCUT2D eigenvalue weighted by molar-refractivity contribution is 6.30. The molecule has 0 aromatic heterocycles. The molecular formula is C12H14ClFN2O. The molecule has 1 aromatic rings. The zero-order chi connectivity index (χ0) is 12.3. The maximum Gasteiger partial charge on any atom is 0.236 e. The molecule has 1 aliphatic rings. The summed E-state index contributed by atoms with van der Waals surface area (Å²) in [5, 5.41) is 3.52. The number of amides is 1. The van der Waals surface area contributed by atoms with E-state index in [-0.39, 0.29) is 18.3 Å². The van der Waals surface area contributed by atoms with Crippen LogP contribution in [0.15, 0.2) is 18.2 Å². The molecule has 1 heterocycles. The molecule has 1 N–H and O–H groups in total. The summed E-state index contributed by atoms with van der Waals surface area (Å²) in [6.45, 7) is 2.08. The van der Waals surface area contributed by atoms with E-state index in [1.807, 2.05) is 0 Å². The highest BCUT2D eigenvalue weighted by Crippen LogP contribution is 2.17. The van der Waals surface area contributed by atoms with Crippen LogP contribution in [0.4, 0.5) is 4.39 Å². The van der Waals surface area contributed by atoms with E-state index in [0.29, 0.717) is 23.7 Å². The molecule has 17 heavy (non-hydrogen) atoms. The number of rotatable bonds is 2. The third-order valence-corrected chi connectivity index (χ3v) is 3.01. The van der Waals surface area contributed by atoms with Gasteiger partial charge in [-0.05, 0) is 31.2 Å². The predicted molar refractivity (Wildman–Crippen MR) is 64.3 cm³/mol. The molecule has 1 aliphatic heterocycles. The topological polar surface area (TPSA) is 32.3 Å². The van der Waals surface area contributed by atoms with Crippen LogP contribution in [0, 0.1) is 5.82 Å². The van der Waals surface area contributed by atoms with Gasteiger partial charge in [-0.2, -0.15) is 0 Å². The maximum atomic E-state index is 13.5. The highest BCUT2D eigenvalue weighted by atomic mass is 35.5. The van der Waals surface area contributed by atoms with Crippen LogP contribution in [0.2, 0.25) is 5.02 Å². The molecule has 0 aliphatic carbocycles. The van der Waals surface area contributed by atoms with E-state index in [9.17, 15) is 9.18 Å². The Kier molecular flexibility index (Phi) is 3.97. The van der Waals surface area contributed by atoms with Crippen molar-refractivity contribution in [3.8, 4) is 0 Å². The van der Waals surface area contributed by atoms with Crippen LogP contribution in [-0.2, 0) is 11.3 Å². The van der Waals surface area contributed by atoms with Gasteiger partial charge in [-0.25, -0.2) is 4.39 Å². The van der Waals surface area contributed by atoms with E-state index in [2.05, 4.69) is 5.32 Å². The van der Waals surface area contributed by atoms with Crippen molar-refractivity contribution < 1.29 is 9.18 Å². The number of nitrogens with one attached hydrogen (secondary N) is 1. The smallest absolute Gasteiger partial charge is 0.236 e. The number of hydrogen-bond donors (Lipinski definition) is 1. The van der Waals surface area contributed by atoms with Gasteiger partial charge in [-0.15, -0.1) is 0 Å². The quantitative estimate of drug-likeness (QED) is 0.875. The molecule has 5 heteroatoms. The average molecular weight is 257 g/mol. The number of nitrogens with zero attached hydrogens (tertiary/aromatic N) is 1. The lowest BCUT2D eigenvalue weighted by Crippen LogP contribution is -2.34. The fourth-order valence-corrected chi connectivity index (χ4v) is 2.06. The Hall–Kier alpha value is -1.13. The van der Waals surface area contributed by atoms with Gasteiger partial charge in [-0.3, -0.25) is 4.79 Å². The van der Waals surface area contributed by atoms with E-state index < -0.39 is 0 Å². The number of carbonyl (C=O) groups excluding carboxylic acids is 1. The molecule has 0 bridgehead atoms. The van der Waals surface area contributed by atoms with Gasteiger partial charge in [0.1, 0.15) is 5.82 Å². The molecule has 0 saturated carbocycles. The lowest BCUT2D eigenvalue weighted by atomic mass is 10.2. The third-order valence-electron chi connectivity index (χ3n) is 2.78. The second kappa shape index (κ2) is 5.47. The van der Waals surface area contributed by atoms with Crippen molar-refractivity contribution in [1.29, 1.82) is 0 Å². The Morgan fingerprint density at radius 2 is 2.29 bits per heavy atom. The lowest BCUT2D eigenvalue weighted by Gasteiger charge is -2.20. The monoisotopic (exact) mass is 256 g/mol. The normalized spacial score (nSPS) is 17.1. The van der Waals surface area contributed by atoms with Gasteiger partial charge in [0.05, 0.1) is 6.54 Å². The molecule has 0 unspecified atom stereocenters. The zero-order valence-corrected chi connectivity index (χ0v) is 10.1. The Morgan fingerprint density at radius 1 is 1.47 bits per heavy atom. The van der Waals surface area contributed by atoms with Crippen LogP contribution in [-0.4, -0.2) is 30.4 Å². The molecular weight excluding hydrogens is 243 g/mol. The first-order valence-corrected chi connectivity index (χ1v) is 5.97. The molecule has 3 nitrogen and oxygen atoms in total. The van der Waals surface area contributed by atoms with Crippen LogP contribution in [0.1, 0.15) is 12.0 Å². The number of hydrogen-bond acceptors (Lipinski definition) is 2. The van der Waals surface area contributed by atoms with Crippen molar-refractivity contribution in [2.75, 3.05) is 19.6 Å². The fraction of sp³-hybridized carbons (Fsp3) is 0.417. The van der Waals surface area contributed by atoms with Gasteiger partial charge in [0, 0.05) is 23.7 Å². The summed E-state index contributed by atoms with van der Waals surface area (Å²) in [7, 11) is 0. The molecule has 1 amide bonds. The average Bonchev–Trinajstić information content (AvgIpc) is 2.50. The summed E-state index contributed by atoms with van der Waals surface area (Å²) in [5.41, 5.74) is 0.466. The largest absolute Gasteiger partial charge is 0.337 e. The van der Waals surface area contributed by atoms with Crippen LogP contribution >= 0.6 is 11.6 Å². The highest BCUT2D eigenvalue weighted by Gasteiger charge is 2.17. The first kappa shape index (κ1) is 12.3. The van der Waals surface area contributed by atoms with Crippen molar-refractivity contribution in [3.63, 3.8) is 0 Å². The Balaban J connectivity index is 2.13. The molecule has 0 atom stereocenters. The maximum absolute atomic E-state index is 13.5. The van der Waals surface area contributed by atoms with E-state index in [1.165, 1.54) is 12.1 Å². The lowest BCUT2D eigenvalue weighted by molar-refractivity contribution is -0.130. The number of carbonyl (C=O) groups is 1. The second-order valence-electron chi connectivity index (χ2n) is 4.08. The summed E-state index contributed by atoms with van der Waals surface area (Å²) in [6, 6.07) is 4.41. The summed E-state index contributed by atoms with van der Waals surface area (Å²) in [5.74, 6) is -0.318. The van der Waals surface area contributed by atoms with Crippen molar-refractivity contribution in [1.82, 2.24) is 10.2 Å². The van der Waals surface area contributed by atoms with Crippen molar-refractivity contribution in [2.45, 2.75) is 13.0 Å². The van der Waals surface area contributed by atoms with Crippen molar-refractivity contribution in [3.05, 3.63) is 34.6 Å². The summed E-state index contributed by atoms with van der Waals surface area (Å²) in [4.78, 5) is 13.4. The molecule has 92 valence electrons. The third kappa shape index (κ3) is 3.17. The van der Waals surface area contributed by atoms with E-state index in [1.54, 1.807) is 11.0 Å². The summed E-state index contributed by atoms with van der Waals surface area (Å²) in [6.07, 6.45) is 0.883. The number of benzene rings is 1. The van der Waals surface area contributed by atoms with E-state index >= 15 is 0 Å². The van der Waals surface area contributed by atoms with Crippen molar-refractivity contribution in [2.24, 2.45) is 0 Å². The molecule has 2 rings (SSSR count). The van der Waals surface area contributed by atoms with Gasteiger partial charge >= 0.3 is 0 Å². The van der Waals surface area contributed by atoms with Crippen LogP contribution in [0.5, 0.6) is 0 Å². The SMILES string of the molecule is O=C1CNCCCN1Cc1cc(Cl)ccc1F. The van der Waals surface area contributed by atoms with Crippen molar-refractivity contribution >= 4 is 17.5 Å².